The number of thioether (sulfide) groups is 1. The first-order valence-electron chi connectivity index (χ1n) is 12.2. The summed E-state index contributed by atoms with van der Waals surface area (Å²) in [5, 5.41) is 9.76. The summed E-state index contributed by atoms with van der Waals surface area (Å²) in [5.41, 5.74) is 7.72. The van der Waals surface area contributed by atoms with Crippen molar-refractivity contribution in [2.75, 3.05) is 11.4 Å². The van der Waals surface area contributed by atoms with Gasteiger partial charge in [0, 0.05) is 29.4 Å². The number of nitrogens with zero attached hydrogens (tertiary/aromatic N) is 1. The number of amides is 3. The number of nitrogens with two attached hydrogens (primary N) is 1. The second-order valence-corrected chi connectivity index (χ2v) is 10.7. The normalized spacial score (nSPS) is 29.6. The highest BCUT2D eigenvalue weighted by atomic mass is 32.2. The van der Waals surface area contributed by atoms with Crippen LogP contribution >= 0.6 is 11.8 Å². The van der Waals surface area contributed by atoms with Crippen LogP contribution in [0, 0.1) is 5.92 Å². The number of para-hydroxylation sites is 1. The van der Waals surface area contributed by atoms with Crippen molar-refractivity contribution in [3.63, 3.8) is 0 Å². The van der Waals surface area contributed by atoms with Gasteiger partial charge in [-0.2, -0.15) is 0 Å². The molecule has 3 amide bonds. The van der Waals surface area contributed by atoms with Crippen LogP contribution in [0.3, 0.4) is 0 Å². The van der Waals surface area contributed by atoms with Crippen molar-refractivity contribution < 1.29 is 14.3 Å². The van der Waals surface area contributed by atoms with Crippen molar-refractivity contribution in [2.45, 2.75) is 49.2 Å². The lowest BCUT2D eigenvalue weighted by Gasteiger charge is -2.45. The molecule has 182 valence electrons. The minimum Gasteiger partial charge on any atom is -0.457 e. The third-order valence-corrected chi connectivity index (χ3v) is 8.68. The van der Waals surface area contributed by atoms with E-state index in [1.165, 1.54) is 11.8 Å². The van der Waals surface area contributed by atoms with Crippen LogP contribution in [-0.4, -0.2) is 42.0 Å². The molecule has 1 saturated carbocycles. The number of carbonyl (C=O) groups excluding carboxylic acids is 2. The molecule has 3 fully saturated rings. The molecule has 0 spiro atoms. The SMILES string of the molecule is N[C@H]1CCC[C@@H]1NC(=O)C1=C2NC(=O)N(c3ccc(Oc4ccccc4)cc3)C3CCNC(S1)C23. The maximum Gasteiger partial charge on any atom is 0.326 e. The van der Waals surface area contributed by atoms with Crippen LogP contribution in [0.1, 0.15) is 25.7 Å². The number of rotatable bonds is 5. The van der Waals surface area contributed by atoms with Gasteiger partial charge in [0.15, 0.2) is 0 Å². The summed E-state index contributed by atoms with van der Waals surface area (Å²) < 4.78 is 5.91. The Morgan fingerprint density at radius 1 is 1.06 bits per heavy atom. The molecule has 5 atom stereocenters. The Morgan fingerprint density at radius 3 is 2.57 bits per heavy atom. The molecular weight excluding hydrogens is 462 g/mol. The number of nitrogens with one attached hydrogen (secondary N) is 3. The maximum absolute atomic E-state index is 13.3. The number of hydrogen-bond acceptors (Lipinski definition) is 6. The van der Waals surface area contributed by atoms with Gasteiger partial charge >= 0.3 is 6.03 Å². The van der Waals surface area contributed by atoms with Gasteiger partial charge in [-0.05, 0) is 68.6 Å². The number of benzene rings is 2. The third kappa shape index (κ3) is 4.17. The second-order valence-electron chi connectivity index (χ2n) is 9.50. The zero-order valence-electron chi connectivity index (χ0n) is 19.3. The third-order valence-electron chi connectivity index (χ3n) is 7.33. The molecule has 0 bridgehead atoms. The van der Waals surface area contributed by atoms with Crippen LogP contribution in [0.4, 0.5) is 10.5 Å². The van der Waals surface area contributed by atoms with Crippen molar-refractivity contribution in [1.29, 1.82) is 0 Å². The van der Waals surface area contributed by atoms with E-state index in [0.29, 0.717) is 10.7 Å². The molecule has 0 aromatic heterocycles. The van der Waals surface area contributed by atoms with Gasteiger partial charge < -0.3 is 26.4 Å². The summed E-state index contributed by atoms with van der Waals surface area (Å²) in [6, 6.07) is 17.0. The molecule has 35 heavy (non-hydrogen) atoms. The molecule has 5 N–H and O–H groups in total. The molecule has 2 aromatic carbocycles. The quantitative estimate of drug-likeness (QED) is 0.511. The molecule has 6 rings (SSSR count). The molecule has 3 heterocycles. The predicted octanol–water partition coefficient (Wildman–Crippen LogP) is 3.27. The molecule has 3 unspecified atom stereocenters. The van der Waals surface area contributed by atoms with Crippen molar-refractivity contribution in [2.24, 2.45) is 11.7 Å². The maximum atomic E-state index is 13.3. The molecule has 2 aromatic rings. The lowest BCUT2D eigenvalue weighted by Crippen LogP contribution is -2.62. The Bertz CT molecular complexity index is 1160. The summed E-state index contributed by atoms with van der Waals surface area (Å²) in [7, 11) is 0. The number of ether oxygens (including phenoxy) is 1. The summed E-state index contributed by atoms with van der Waals surface area (Å²) in [5.74, 6) is 1.36. The van der Waals surface area contributed by atoms with E-state index in [-0.39, 0.29) is 41.4 Å². The van der Waals surface area contributed by atoms with Crippen molar-refractivity contribution in [3.05, 3.63) is 65.2 Å². The first kappa shape index (κ1) is 22.5. The fourth-order valence-electron chi connectivity index (χ4n) is 5.62. The van der Waals surface area contributed by atoms with E-state index in [1.54, 1.807) is 0 Å². The minimum absolute atomic E-state index is 0.00463. The molecule has 1 aliphatic carbocycles. The van der Waals surface area contributed by atoms with E-state index in [1.807, 2.05) is 59.5 Å². The van der Waals surface area contributed by atoms with Crippen molar-refractivity contribution >= 4 is 29.4 Å². The molecule has 0 radical (unpaired) electrons. The lowest BCUT2D eigenvalue weighted by molar-refractivity contribution is -0.117. The number of hydrogen-bond donors (Lipinski definition) is 4. The first-order valence-corrected chi connectivity index (χ1v) is 13.1. The van der Waals surface area contributed by atoms with Crippen LogP contribution in [0.2, 0.25) is 0 Å². The fraction of sp³-hybridized carbons (Fsp3) is 0.385. The van der Waals surface area contributed by atoms with Gasteiger partial charge in [0.2, 0.25) is 0 Å². The van der Waals surface area contributed by atoms with E-state index < -0.39 is 0 Å². The summed E-state index contributed by atoms with van der Waals surface area (Å²) >= 11 is 1.52. The van der Waals surface area contributed by atoms with Gasteiger partial charge in [0.25, 0.3) is 5.91 Å². The fourth-order valence-corrected chi connectivity index (χ4v) is 7.02. The molecule has 4 aliphatic rings. The van der Waals surface area contributed by atoms with E-state index in [0.717, 1.165) is 49.4 Å². The predicted molar refractivity (Wildman–Crippen MR) is 136 cm³/mol. The van der Waals surface area contributed by atoms with Gasteiger partial charge in [0.1, 0.15) is 11.5 Å². The Labute approximate surface area is 208 Å². The Morgan fingerprint density at radius 2 is 1.83 bits per heavy atom. The average molecular weight is 492 g/mol. The second kappa shape index (κ2) is 9.22. The monoisotopic (exact) mass is 491 g/mol. The topological polar surface area (TPSA) is 109 Å². The van der Waals surface area contributed by atoms with E-state index in [2.05, 4.69) is 16.0 Å². The van der Waals surface area contributed by atoms with E-state index >= 15 is 0 Å². The van der Waals surface area contributed by atoms with Crippen molar-refractivity contribution in [3.8, 4) is 11.5 Å². The molecule has 3 aliphatic heterocycles. The highest BCUT2D eigenvalue weighted by Gasteiger charge is 2.51. The van der Waals surface area contributed by atoms with Crippen molar-refractivity contribution in [1.82, 2.24) is 16.0 Å². The summed E-state index contributed by atoms with van der Waals surface area (Å²) in [6.45, 7) is 0.785. The highest BCUT2D eigenvalue weighted by molar-refractivity contribution is 8.04. The minimum atomic E-state index is -0.205. The van der Waals surface area contributed by atoms with Crippen LogP contribution in [-0.2, 0) is 4.79 Å². The highest BCUT2D eigenvalue weighted by Crippen LogP contribution is 2.48. The summed E-state index contributed by atoms with van der Waals surface area (Å²) in [6.07, 6.45) is 3.67. The largest absolute Gasteiger partial charge is 0.457 e. The van der Waals surface area contributed by atoms with E-state index in [4.69, 9.17) is 10.5 Å². The van der Waals surface area contributed by atoms with Crippen LogP contribution in [0.5, 0.6) is 11.5 Å². The molecule has 8 nitrogen and oxygen atoms in total. The van der Waals surface area contributed by atoms with Crippen LogP contribution < -0.4 is 31.3 Å². The van der Waals surface area contributed by atoms with Crippen LogP contribution in [0.25, 0.3) is 0 Å². The van der Waals surface area contributed by atoms with Gasteiger partial charge in [-0.25, -0.2) is 4.79 Å². The summed E-state index contributed by atoms with van der Waals surface area (Å²) in [4.78, 5) is 29.0. The number of anilines is 1. The Hall–Kier alpha value is -3.01. The Balaban J connectivity index is 1.23. The van der Waals surface area contributed by atoms with Gasteiger partial charge in [0.05, 0.1) is 16.3 Å². The lowest BCUT2D eigenvalue weighted by atomic mass is 9.86. The van der Waals surface area contributed by atoms with Gasteiger partial charge in [-0.15, -0.1) is 0 Å². The molecule has 9 heteroatoms. The zero-order chi connectivity index (χ0) is 23.9. The zero-order valence-corrected chi connectivity index (χ0v) is 20.1. The number of piperidine rings is 1. The number of urea groups is 1. The smallest absolute Gasteiger partial charge is 0.326 e. The Kier molecular flexibility index (Phi) is 5.91. The van der Waals surface area contributed by atoms with E-state index in [9.17, 15) is 9.59 Å². The van der Waals surface area contributed by atoms with Gasteiger partial charge in [-0.3, -0.25) is 9.69 Å². The molecular formula is C26H29N5O3S. The molecule has 2 saturated heterocycles. The number of carbonyl (C=O) groups is 2. The van der Waals surface area contributed by atoms with Gasteiger partial charge in [-0.1, -0.05) is 30.0 Å². The van der Waals surface area contributed by atoms with Crippen LogP contribution in [0.15, 0.2) is 65.2 Å². The first-order chi connectivity index (χ1) is 17.1. The average Bonchev–Trinajstić information content (AvgIpc) is 3.44. The standard InChI is InChI=1S/C26H29N5O3S/c27-18-7-4-8-19(18)29-24(32)23-22-21-20(13-14-28-25(21)35-23)31(26(33)30-22)15-9-11-17(12-10-15)34-16-5-2-1-3-6-16/h1-3,5-6,9-12,18-21,25,28H,4,7-8,13-14,27H2,(H,29,32)(H,30,33)/t18-,19-,20?,21?,25?/m0/s1.